The summed E-state index contributed by atoms with van der Waals surface area (Å²) < 4.78 is 42.0. The highest BCUT2D eigenvalue weighted by Gasteiger charge is 2.59. The van der Waals surface area contributed by atoms with E-state index in [2.05, 4.69) is 10.3 Å². The molecule has 1 aromatic heterocycles. The fraction of sp³-hybridized carbons (Fsp3) is 0.190. The molecule has 29 heavy (non-hydrogen) atoms. The predicted molar refractivity (Wildman–Crippen MR) is 109 cm³/mol. The Kier molecular flexibility index (Phi) is 6.08. The van der Waals surface area contributed by atoms with Crippen LogP contribution in [-0.2, 0) is 5.60 Å². The normalized spacial score (nSPS) is 14.9. The van der Waals surface area contributed by atoms with Crippen molar-refractivity contribution in [2.24, 2.45) is 0 Å². The first-order valence-electron chi connectivity index (χ1n) is 8.65. The maximum absolute atomic E-state index is 14.0. The fourth-order valence-corrected chi connectivity index (χ4v) is 3.69. The van der Waals surface area contributed by atoms with Gasteiger partial charge in [0.25, 0.3) is 0 Å². The van der Waals surface area contributed by atoms with E-state index in [1.54, 1.807) is 6.07 Å². The van der Waals surface area contributed by atoms with Gasteiger partial charge in [-0.05, 0) is 47.5 Å². The lowest BCUT2D eigenvalue weighted by Gasteiger charge is -2.37. The van der Waals surface area contributed by atoms with Gasteiger partial charge in [-0.2, -0.15) is 13.2 Å². The van der Waals surface area contributed by atoms with E-state index in [4.69, 9.17) is 23.2 Å². The topological polar surface area (TPSA) is 45.1 Å². The van der Waals surface area contributed by atoms with Gasteiger partial charge in [0.2, 0.25) is 0 Å². The molecule has 0 saturated carbocycles. The Balaban J connectivity index is 1.99. The van der Waals surface area contributed by atoms with Crippen molar-refractivity contribution in [3.05, 3.63) is 88.2 Å². The SMILES string of the molecule is CC(c1ccc(Nc2ccccc2)cc1Cl)C(O)(c1ccnc(Cl)c1)C(F)(F)F. The van der Waals surface area contributed by atoms with Gasteiger partial charge < -0.3 is 10.4 Å². The van der Waals surface area contributed by atoms with E-state index < -0.39 is 23.3 Å². The van der Waals surface area contributed by atoms with Crippen molar-refractivity contribution in [1.29, 1.82) is 0 Å². The number of hydrogen-bond donors (Lipinski definition) is 2. The zero-order chi connectivity index (χ0) is 21.2. The van der Waals surface area contributed by atoms with Crippen LogP contribution in [-0.4, -0.2) is 16.3 Å². The van der Waals surface area contributed by atoms with Crippen LogP contribution in [0.25, 0.3) is 0 Å². The largest absolute Gasteiger partial charge is 0.422 e. The van der Waals surface area contributed by atoms with Gasteiger partial charge in [0.1, 0.15) is 5.15 Å². The van der Waals surface area contributed by atoms with E-state index in [0.29, 0.717) is 5.69 Å². The molecular formula is C21H17Cl2F3N2O. The molecule has 152 valence electrons. The molecule has 2 unspecified atom stereocenters. The predicted octanol–water partition coefficient (Wildman–Crippen LogP) is 6.69. The molecule has 0 aliphatic rings. The van der Waals surface area contributed by atoms with Gasteiger partial charge in [-0.1, -0.05) is 54.4 Å². The maximum atomic E-state index is 14.0. The van der Waals surface area contributed by atoms with Crippen LogP contribution in [0.15, 0.2) is 66.9 Å². The standard InChI is InChI=1S/C21H17Cl2F3N2O/c1-13(20(29,21(24,25)26)14-9-10-27-19(23)11-14)17-8-7-16(12-18(17)22)28-15-5-3-2-4-6-15/h2-13,28-29H,1H3. The van der Waals surface area contributed by atoms with Crippen molar-refractivity contribution in [3.8, 4) is 0 Å². The second-order valence-corrected chi connectivity index (χ2v) is 7.37. The summed E-state index contributed by atoms with van der Waals surface area (Å²) in [6.07, 6.45) is -3.85. The zero-order valence-electron chi connectivity index (χ0n) is 15.2. The molecule has 0 fully saturated rings. The van der Waals surface area contributed by atoms with Gasteiger partial charge in [-0.25, -0.2) is 4.98 Å². The monoisotopic (exact) mass is 440 g/mol. The van der Waals surface area contributed by atoms with Crippen LogP contribution in [0.1, 0.15) is 24.0 Å². The van der Waals surface area contributed by atoms with Crippen LogP contribution in [0.4, 0.5) is 24.5 Å². The Morgan fingerprint density at radius 2 is 1.66 bits per heavy atom. The second kappa shape index (κ2) is 8.22. The quantitative estimate of drug-likeness (QED) is 0.434. The smallest absolute Gasteiger partial charge is 0.376 e. The van der Waals surface area contributed by atoms with Crippen LogP contribution in [0, 0.1) is 0 Å². The first-order valence-corrected chi connectivity index (χ1v) is 9.41. The van der Waals surface area contributed by atoms with E-state index in [-0.39, 0.29) is 15.7 Å². The number of alkyl halides is 3. The van der Waals surface area contributed by atoms with E-state index >= 15 is 0 Å². The number of hydrogen-bond acceptors (Lipinski definition) is 3. The first kappa shape index (κ1) is 21.4. The average molecular weight is 441 g/mol. The Morgan fingerprint density at radius 3 is 2.24 bits per heavy atom. The van der Waals surface area contributed by atoms with Gasteiger partial charge in [-0.3, -0.25) is 0 Å². The van der Waals surface area contributed by atoms with E-state index in [1.807, 2.05) is 30.3 Å². The molecular weight excluding hydrogens is 424 g/mol. The minimum Gasteiger partial charge on any atom is -0.376 e. The third kappa shape index (κ3) is 4.34. The van der Waals surface area contributed by atoms with Crippen LogP contribution in [0.2, 0.25) is 10.2 Å². The lowest BCUT2D eigenvalue weighted by Crippen LogP contribution is -2.46. The van der Waals surface area contributed by atoms with Crippen molar-refractivity contribution < 1.29 is 18.3 Å². The van der Waals surface area contributed by atoms with Gasteiger partial charge in [0.05, 0.1) is 0 Å². The van der Waals surface area contributed by atoms with Crippen molar-refractivity contribution in [1.82, 2.24) is 4.98 Å². The maximum Gasteiger partial charge on any atom is 0.422 e. The molecule has 0 radical (unpaired) electrons. The van der Waals surface area contributed by atoms with Gasteiger partial charge in [0.15, 0.2) is 5.60 Å². The summed E-state index contributed by atoms with van der Waals surface area (Å²) in [5.41, 5.74) is -2.03. The first-order chi connectivity index (χ1) is 13.6. The Morgan fingerprint density at radius 1 is 0.966 bits per heavy atom. The summed E-state index contributed by atoms with van der Waals surface area (Å²) >= 11 is 12.1. The van der Waals surface area contributed by atoms with Gasteiger partial charge in [-0.15, -0.1) is 0 Å². The minimum absolute atomic E-state index is 0.0984. The highest BCUT2D eigenvalue weighted by atomic mass is 35.5. The third-order valence-electron chi connectivity index (χ3n) is 4.75. The lowest BCUT2D eigenvalue weighted by atomic mass is 9.78. The number of halogens is 5. The van der Waals surface area contributed by atoms with Crippen LogP contribution >= 0.6 is 23.2 Å². The number of anilines is 2. The van der Waals surface area contributed by atoms with E-state index in [0.717, 1.165) is 24.0 Å². The summed E-state index contributed by atoms with van der Waals surface area (Å²) in [6, 6.07) is 16.0. The molecule has 0 saturated heterocycles. The third-order valence-corrected chi connectivity index (χ3v) is 5.29. The number of para-hydroxylation sites is 1. The highest BCUT2D eigenvalue weighted by molar-refractivity contribution is 6.31. The van der Waals surface area contributed by atoms with Crippen LogP contribution < -0.4 is 5.32 Å². The molecule has 0 amide bonds. The van der Waals surface area contributed by atoms with Crippen LogP contribution in [0.5, 0.6) is 0 Å². The zero-order valence-corrected chi connectivity index (χ0v) is 16.7. The number of aromatic nitrogens is 1. The summed E-state index contributed by atoms with van der Waals surface area (Å²) in [5, 5.41) is 13.9. The molecule has 2 aromatic carbocycles. The average Bonchev–Trinajstić information content (AvgIpc) is 2.67. The number of aliphatic hydroxyl groups is 1. The summed E-state index contributed by atoms with van der Waals surface area (Å²) in [5.74, 6) is -1.40. The summed E-state index contributed by atoms with van der Waals surface area (Å²) in [4.78, 5) is 3.69. The number of nitrogens with zero attached hydrogens (tertiary/aromatic N) is 1. The molecule has 3 aromatic rings. The van der Waals surface area contributed by atoms with Crippen molar-refractivity contribution in [2.75, 3.05) is 5.32 Å². The molecule has 3 nitrogen and oxygen atoms in total. The van der Waals surface area contributed by atoms with Crippen molar-refractivity contribution in [3.63, 3.8) is 0 Å². The molecule has 0 aliphatic heterocycles. The minimum atomic E-state index is -4.97. The Labute approximate surface area is 176 Å². The second-order valence-electron chi connectivity index (χ2n) is 6.58. The molecule has 0 aliphatic carbocycles. The Hall–Kier alpha value is -2.28. The van der Waals surface area contributed by atoms with Gasteiger partial charge >= 0.3 is 6.18 Å². The molecule has 1 heterocycles. The molecule has 2 atom stereocenters. The number of benzene rings is 2. The Bertz CT molecular complexity index is 999. The van der Waals surface area contributed by atoms with Crippen molar-refractivity contribution >= 4 is 34.6 Å². The van der Waals surface area contributed by atoms with Crippen molar-refractivity contribution in [2.45, 2.75) is 24.6 Å². The molecule has 2 N–H and O–H groups in total. The molecule has 0 spiro atoms. The lowest BCUT2D eigenvalue weighted by molar-refractivity contribution is -0.274. The van der Waals surface area contributed by atoms with E-state index in [9.17, 15) is 18.3 Å². The number of nitrogens with one attached hydrogen (secondary N) is 1. The number of pyridine rings is 1. The van der Waals surface area contributed by atoms with Crippen LogP contribution in [0.3, 0.4) is 0 Å². The number of rotatable bonds is 5. The summed E-state index contributed by atoms with van der Waals surface area (Å²) in [7, 11) is 0. The molecule has 3 rings (SSSR count). The fourth-order valence-electron chi connectivity index (χ4n) is 3.17. The highest BCUT2D eigenvalue weighted by Crippen LogP contribution is 2.50. The van der Waals surface area contributed by atoms with Gasteiger partial charge in [0, 0.05) is 28.5 Å². The molecule has 0 bridgehead atoms. The summed E-state index contributed by atoms with van der Waals surface area (Å²) in [6.45, 7) is 1.27. The molecule has 8 heteroatoms. The van der Waals surface area contributed by atoms with E-state index in [1.165, 1.54) is 19.1 Å².